The molecule has 1 saturated carbocycles. The lowest BCUT2D eigenvalue weighted by Crippen LogP contribution is -2.37. The van der Waals surface area contributed by atoms with Gasteiger partial charge in [0.2, 0.25) is 5.91 Å². The molecule has 0 aromatic heterocycles. The Balaban J connectivity index is 2.07. The van der Waals surface area contributed by atoms with Gasteiger partial charge in [-0.15, -0.1) is 0 Å². The molecule has 12 heavy (non-hydrogen) atoms. The fraction of sp³-hybridized carbons (Fsp3) is 0.875. The first kappa shape index (κ1) is 9.48. The van der Waals surface area contributed by atoms with Crippen LogP contribution in [-0.4, -0.2) is 48.7 Å². The monoisotopic (exact) mass is 172 g/mol. The number of aliphatic hydroxyl groups excluding tert-OH is 1. The number of hydrogen-bond donors (Lipinski definition) is 2. The van der Waals surface area contributed by atoms with Gasteiger partial charge in [0.25, 0.3) is 0 Å². The van der Waals surface area contributed by atoms with E-state index in [0.717, 1.165) is 0 Å². The molecule has 0 spiro atoms. The largest absolute Gasteiger partial charge is 0.395 e. The fourth-order valence-electron chi connectivity index (χ4n) is 1.12. The van der Waals surface area contributed by atoms with E-state index in [0.29, 0.717) is 19.1 Å². The van der Waals surface area contributed by atoms with Crippen molar-refractivity contribution >= 4 is 5.91 Å². The van der Waals surface area contributed by atoms with E-state index in [4.69, 9.17) is 5.11 Å². The van der Waals surface area contributed by atoms with Crippen molar-refractivity contribution < 1.29 is 9.90 Å². The summed E-state index contributed by atoms with van der Waals surface area (Å²) >= 11 is 0. The third-order valence-corrected chi connectivity index (χ3v) is 2.00. The molecule has 70 valence electrons. The van der Waals surface area contributed by atoms with Crippen LogP contribution in [0.4, 0.5) is 0 Å². The highest BCUT2D eigenvalue weighted by molar-refractivity contribution is 5.78. The van der Waals surface area contributed by atoms with E-state index < -0.39 is 0 Å². The Morgan fingerprint density at radius 1 is 1.67 bits per heavy atom. The van der Waals surface area contributed by atoms with Crippen molar-refractivity contribution in [2.45, 2.75) is 18.9 Å². The molecule has 1 aliphatic rings. The Bertz CT molecular complexity index is 157. The minimum Gasteiger partial charge on any atom is -0.395 e. The van der Waals surface area contributed by atoms with Crippen LogP contribution >= 0.6 is 0 Å². The number of carbonyl (C=O) groups is 1. The molecule has 0 aromatic carbocycles. The zero-order chi connectivity index (χ0) is 8.97. The van der Waals surface area contributed by atoms with Gasteiger partial charge in [0.15, 0.2) is 0 Å². The number of nitrogens with zero attached hydrogens (tertiary/aromatic N) is 1. The standard InChI is InChI=1S/C8H16N2O2/c1-10(7-2-3-7)6-8(12)9-4-5-11/h7,11H,2-6H2,1H3,(H,9,12). The van der Waals surface area contributed by atoms with Gasteiger partial charge < -0.3 is 10.4 Å². The molecule has 1 rings (SSSR count). The number of rotatable bonds is 5. The first-order chi connectivity index (χ1) is 5.74. The molecule has 2 N–H and O–H groups in total. The smallest absolute Gasteiger partial charge is 0.234 e. The van der Waals surface area contributed by atoms with Crippen LogP contribution in [0.2, 0.25) is 0 Å². The van der Waals surface area contributed by atoms with Crippen LogP contribution in [0.25, 0.3) is 0 Å². The zero-order valence-corrected chi connectivity index (χ0v) is 7.42. The lowest BCUT2D eigenvalue weighted by Gasteiger charge is -2.14. The lowest BCUT2D eigenvalue weighted by atomic mass is 10.4. The van der Waals surface area contributed by atoms with Gasteiger partial charge in [-0.05, 0) is 19.9 Å². The molecule has 1 aliphatic carbocycles. The first-order valence-electron chi connectivity index (χ1n) is 4.32. The van der Waals surface area contributed by atoms with Crippen LogP contribution in [0.1, 0.15) is 12.8 Å². The maximum absolute atomic E-state index is 11.1. The lowest BCUT2D eigenvalue weighted by molar-refractivity contribution is -0.122. The highest BCUT2D eigenvalue weighted by Crippen LogP contribution is 2.24. The third kappa shape index (κ3) is 3.19. The van der Waals surface area contributed by atoms with Crippen molar-refractivity contribution in [1.29, 1.82) is 0 Å². The third-order valence-electron chi connectivity index (χ3n) is 2.00. The average Bonchev–Trinajstić information content (AvgIpc) is 2.82. The number of amides is 1. The number of carbonyl (C=O) groups excluding carboxylic acids is 1. The molecular weight excluding hydrogens is 156 g/mol. The van der Waals surface area contributed by atoms with Crippen LogP contribution in [0.15, 0.2) is 0 Å². The van der Waals surface area contributed by atoms with Gasteiger partial charge >= 0.3 is 0 Å². The van der Waals surface area contributed by atoms with Crippen molar-refractivity contribution in [3.63, 3.8) is 0 Å². The SMILES string of the molecule is CN(CC(=O)NCCO)C1CC1. The molecule has 4 nitrogen and oxygen atoms in total. The average molecular weight is 172 g/mol. The van der Waals surface area contributed by atoms with Crippen molar-refractivity contribution in [3.05, 3.63) is 0 Å². The second-order valence-electron chi connectivity index (χ2n) is 3.22. The van der Waals surface area contributed by atoms with E-state index >= 15 is 0 Å². The van der Waals surface area contributed by atoms with Crippen molar-refractivity contribution in [1.82, 2.24) is 10.2 Å². The summed E-state index contributed by atoms with van der Waals surface area (Å²) in [6.45, 7) is 0.820. The minimum atomic E-state index is -0.00144. The Morgan fingerprint density at radius 2 is 2.33 bits per heavy atom. The Morgan fingerprint density at radius 3 is 2.83 bits per heavy atom. The van der Waals surface area contributed by atoms with Gasteiger partial charge in [-0.3, -0.25) is 9.69 Å². The predicted octanol–water partition coefficient (Wildman–Crippen LogP) is -0.811. The molecule has 1 amide bonds. The molecular formula is C8H16N2O2. The summed E-state index contributed by atoms with van der Waals surface area (Å²) in [5.41, 5.74) is 0. The first-order valence-corrected chi connectivity index (χ1v) is 4.32. The van der Waals surface area contributed by atoms with Gasteiger partial charge in [0.1, 0.15) is 0 Å². The zero-order valence-electron chi connectivity index (χ0n) is 7.42. The van der Waals surface area contributed by atoms with Crippen LogP contribution in [0, 0.1) is 0 Å². The molecule has 0 heterocycles. The number of likely N-dealkylation sites (N-methyl/N-ethyl adjacent to an activating group) is 1. The van der Waals surface area contributed by atoms with Gasteiger partial charge in [-0.1, -0.05) is 0 Å². The summed E-state index contributed by atoms with van der Waals surface area (Å²) in [4.78, 5) is 13.1. The van der Waals surface area contributed by atoms with E-state index in [9.17, 15) is 4.79 Å². The molecule has 1 fully saturated rings. The molecule has 0 unspecified atom stereocenters. The molecule has 0 bridgehead atoms. The highest BCUT2D eigenvalue weighted by Gasteiger charge is 2.26. The number of hydrogen-bond acceptors (Lipinski definition) is 3. The van der Waals surface area contributed by atoms with E-state index in [1.807, 2.05) is 11.9 Å². The van der Waals surface area contributed by atoms with E-state index in [1.165, 1.54) is 12.8 Å². The number of nitrogens with one attached hydrogen (secondary N) is 1. The van der Waals surface area contributed by atoms with Crippen molar-refractivity contribution in [2.75, 3.05) is 26.7 Å². The Hall–Kier alpha value is -0.610. The molecule has 0 aromatic rings. The van der Waals surface area contributed by atoms with Crippen molar-refractivity contribution in [3.8, 4) is 0 Å². The van der Waals surface area contributed by atoms with Crippen molar-refractivity contribution in [2.24, 2.45) is 0 Å². The molecule has 0 radical (unpaired) electrons. The highest BCUT2D eigenvalue weighted by atomic mass is 16.3. The minimum absolute atomic E-state index is 0.00144. The molecule has 0 aliphatic heterocycles. The molecule has 4 heteroatoms. The van der Waals surface area contributed by atoms with Gasteiger partial charge in [-0.25, -0.2) is 0 Å². The van der Waals surface area contributed by atoms with Crippen LogP contribution in [0.3, 0.4) is 0 Å². The van der Waals surface area contributed by atoms with E-state index in [2.05, 4.69) is 5.32 Å². The maximum Gasteiger partial charge on any atom is 0.234 e. The Kier molecular flexibility index (Phi) is 3.49. The van der Waals surface area contributed by atoms with E-state index in [-0.39, 0.29) is 12.5 Å². The van der Waals surface area contributed by atoms with Gasteiger partial charge in [0, 0.05) is 12.6 Å². The quantitative estimate of drug-likeness (QED) is 0.570. The second kappa shape index (κ2) is 4.42. The fourth-order valence-corrected chi connectivity index (χ4v) is 1.12. The van der Waals surface area contributed by atoms with E-state index in [1.54, 1.807) is 0 Å². The predicted molar refractivity (Wildman–Crippen MR) is 45.7 cm³/mol. The summed E-state index contributed by atoms with van der Waals surface area (Å²) in [5, 5.41) is 11.1. The van der Waals surface area contributed by atoms with Gasteiger partial charge in [-0.2, -0.15) is 0 Å². The summed E-state index contributed by atoms with van der Waals surface area (Å²) in [6, 6.07) is 0.616. The summed E-state index contributed by atoms with van der Waals surface area (Å²) in [6.07, 6.45) is 2.42. The van der Waals surface area contributed by atoms with Crippen LogP contribution in [-0.2, 0) is 4.79 Å². The van der Waals surface area contributed by atoms with Gasteiger partial charge in [0.05, 0.1) is 13.2 Å². The second-order valence-corrected chi connectivity index (χ2v) is 3.22. The maximum atomic E-state index is 11.1. The molecule has 0 saturated heterocycles. The summed E-state index contributed by atoms with van der Waals surface area (Å²) < 4.78 is 0. The van der Waals surface area contributed by atoms with Crippen LogP contribution in [0.5, 0.6) is 0 Å². The number of aliphatic hydroxyl groups is 1. The Labute approximate surface area is 72.6 Å². The van der Waals surface area contributed by atoms with Crippen LogP contribution < -0.4 is 5.32 Å². The topological polar surface area (TPSA) is 52.6 Å². The molecule has 0 atom stereocenters. The summed E-state index contributed by atoms with van der Waals surface area (Å²) in [5.74, 6) is -0.00144. The normalized spacial score (nSPS) is 16.6. The summed E-state index contributed by atoms with van der Waals surface area (Å²) in [7, 11) is 1.95.